The molecule has 2 fully saturated rings. The van der Waals surface area contributed by atoms with E-state index in [9.17, 15) is 4.79 Å². The summed E-state index contributed by atoms with van der Waals surface area (Å²) in [4.78, 5) is 16.9. The normalized spacial score (nSPS) is 30.8. The lowest BCUT2D eigenvalue weighted by Gasteiger charge is -2.46. The summed E-state index contributed by atoms with van der Waals surface area (Å²) in [6.07, 6.45) is 1.04. The average molecular weight is 254 g/mol. The van der Waals surface area contributed by atoms with Crippen molar-refractivity contribution >= 4 is 5.91 Å². The zero-order valence-corrected chi connectivity index (χ0v) is 12.5. The number of rotatable bonds is 0. The molecule has 2 aliphatic heterocycles. The molecule has 2 saturated heterocycles. The van der Waals surface area contributed by atoms with Crippen molar-refractivity contribution in [1.29, 1.82) is 0 Å². The van der Waals surface area contributed by atoms with Crippen molar-refractivity contribution in [3.05, 3.63) is 0 Å². The highest BCUT2D eigenvalue weighted by Crippen LogP contribution is 2.34. The lowest BCUT2D eigenvalue weighted by molar-refractivity contribution is -0.173. The van der Waals surface area contributed by atoms with E-state index in [0.29, 0.717) is 6.73 Å². The molecule has 2 unspecified atom stereocenters. The Kier molecular flexibility index (Phi) is 3.23. The number of likely N-dealkylation sites (tertiary alicyclic amines) is 1. The van der Waals surface area contributed by atoms with Gasteiger partial charge in [-0.3, -0.25) is 9.69 Å². The van der Waals surface area contributed by atoms with Crippen LogP contribution in [0.5, 0.6) is 0 Å². The second-order valence-electron chi connectivity index (χ2n) is 7.37. The molecule has 0 saturated carbocycles. The van der Waals surface area contributed by atoms with E-state index in [1.165, 1.54) is 0 Å². The second-order valence-corrected chi connectivity index (χ2v) is 7.37. The minimum Gasteiger partial charge on any atom is -0.356 e. The molecule has 0 bridgehead atoms. The van der Waals surface area contributed by atoms with Crippen LogP contribution in [0.1, 0.15) is 48.0 Å². The van der Waals surface area contributed by atoms with Crippen LogP contribution in [0.2, 0.25) is 0 Å². The van der Waals surface area contributed by atoms with Gasteiger partial charge in [0, 0.05) is 17.6 Å². The highest BCUT2D eigenvalue weighted by atomic mass is 16.5. The van der Waals surface area contributed by atoms with Gasteiger partial charge < -0.3 is 9.64 Å². The molecule has 0 aromatic rings. The lowest BCUT2D eigenvalue weighted by atomic mass is 9.99. The molecule has 18 heavy (non-hydrogen) atoms. The molecule has 0 aromatic heterocycles. The molecule has 4 heteroatoms. The SMILES string of the molecule is CC(C)(C)N1COC2CCN(C(C)(C)C)C2C1=O. The van der Waals surface area contributed by atoms with Crippen molar-refractivity contribution in [1.82, 2.24) is 9.80 Å². The van der Waals surface area contributed by atoms with Gasteiger partial charge >= 0.3 is 0 Å². The summed E-state index contributed by atoms with van der Waals surface area (Å²) in [6.45, 7) is 14.1. The van der Waals surface area contributed by atoms with Crippen molar-refractivity contribution < 1.29 is 9.53 Å². The van der Waals surface area contributed by atoms with Crippen molar-refractivity contribution in [3.8, 4) is 0 Å². The van der Waals surface area contributed by atoms with Crippen LogP contribution in [0.25, 0.3) is 0 Å². The van der Waals surface area contributed by atoms with Crippen molar-refractivity contribution in [2.45, 2.75) is 71.2 Å². The minimum absolute atomic E-state index is 0.0132. The predicted molar refractivity (Wildman–Crippen MR) is 71.2 cm³/mol. The number of amides is 1. The third kappa shape index (κ3) is 2.28. The van der Waals surface area contributed by atoms with Gasteiger partial charge in [0.05, 0.1) is 6.10 Å². The van der Waals surface area contributed by atoms with Gasteiger partial charge in [-0.15, -0.1) is 0 Å². The Morgan fingerprint density at radius 2 is 1.72 bits per heavy atom. The average Bonchev–Trinajstić information content (AvgIpc) is 2.59. The largest absolute Gasteiger partial charge is 0.356 e. The van der Waals surface area contributed by atoms with Gasteiger partial charge in [0.25, 0.3) is 0 Å². The van der Waals surface area contributed by atoms with E-state index in [1.54, 1.807) is 0 Å². The summed E-state index contributed by atoms with van der Waals surface area (Å²) in [7, 11) is 0. The van der Waals surface area contributed by atoms with Gasteiger partial charge in [0.2, 0.25) is 5.91 Å². The highest BCUT2D eigenvalue weighted by molar-refractivity contribution is 5.84. The molecule has 2 atom stereocenters. The fourth-order valence-corrected chi connectivity index (χ4v) is 2.90. The van der Waals surface area contributed by atoms with Crippen LogP contribution in [0, 0.1) is 0 Å². The van der Waals surface area contributed by atoms with Gasteiger partial charge in [-0.1, -0.05) is 0 Å². The molecule has 2 rings (SSSR count). The van der Waals surface area contributed by atoms with Crippen LogP contribution in [-0.4, -0.2) is 52.2 Å². The maximum absolute atomic E-state index is 12.7. The third-order valence-corrected chi connectivity index (χ3v) is 3.95. The summed E-state index contributed by atoms with van der Waals surface area (Å²) < 4.78 is 5.90. The second kappa shape index (κ2) is 4.20. The topological polar surface area (TPSA) is 32.8 Å². The zero-order chi connectivity index (χ0) is 13.7. The van der Waals surface area contributed by atoms with Crippen LogP contribution in [-0.2, 0) is 9.53 Å². The maximum atomic E-state index is 12.7. The fraction of sp³-hybridized carbons (Fsp3) is 0.929. The lowest BCUT2D eigenvalue weighted by Crippen LogP contribution is -2.63. The van der Waals surface area contributed by atoms with E-state index >= 15 is 0 Å². The fourth-order valence-electron chi connectivity index (χ4n) is 2.90. The quantitative estimate of drug-likeness (QED) is 0.661. The number of hydrogen-bond donors (Lipinski definition) is 0. The Bertz CT molecular complexity index is 341. The summed E-state index contributed by atoms with van der Waals surface area (Å²) in [5, 5.41) is 0. The van der Waals surface area contributed by atoms with Crippen LogP contribution in [0.15, 0.2) is 0 Å². The van der Waals surface area contributed by atoms with E-state index in [-0.39, 0.29) is 29.1 Å². The molecular formula is C14H26N2O2. The third-order valence-electron chi connectivity index (χ3n) is 3.95. The molecule has 2 aliphatic rings. The molecule has 1 amide bonds. The van der Waals surface area contributed by atoms with E-state index in [2.05, 4.69) is 46.4 Å². The molecule has 0 aliphatic carbocycles. The molecule has 0 N–H and O–H groups in total. The first kappa shape index (κ1) is 13.8. The van der Waals surface area contributed by atoms with Crippen LogP contribution < -0.4 is 0 Å². The molecule has 0 radical (unpaired) electrons. The summed E-state index contributed by atoms with van der Waals surface area (Å²) >= 11 is 0. The van der Waals surface area contributed by atoms with Gasteiger partial charge in [-0.25, -0.2) is 0 Å². The summed E-state index contributed by atoms with van der Waals surface area (Å²) in [6, 6.07) is -0.0991. The number of fused-ring (bicyclic) bond motifs is 1. The van der Waals surface area contributed by atoms with E-state index in [0.717, 1.165) is 13.0 Å². The maximum Gasteiger partial charge on any atom is 0.244 e. The zero-order valence-electron chi connectivity index (χ0n) is 12.5. The molecule has 4 nitrogen and oxygen atoms in total. The molecular weight excluding hydrogens is 228 g/mol. The van der Waals surface area contributed by atoms with Gasteiger partial charge in [-0.05, 0) is 48.0 Å². The number of ether oxygens (including phenoxy) is 1. The number of carbonyl (C=O) groups is 1. The van der Waals surface area contributed by atoms with Gasteiger partial charge in [-0.2, -0.15) is 0 Å². The van der Waals surface area contributed by atoms with Crippen molar-refractivity contribution in [3.63, 3.8) is 0 Å². The summed E-state index contributed by atoms with van der Waals surface area (Å²) in [5.74, 6) is 0.228. The monoisotopic (exact) mass is 254 g/mol. The number of carbonyl (C=O) groups excluding carboxylic acids is 1. The number of hydrogen-bond acceptors (Lipinski definition) is 3. The smallest absolute Gasteiger partial charge is 0.244 e. The first-order chi connectivity index (χ1) is 8.12. The van der Waals surface area contributed by atoms with Crippen LogP contribution in [0.4, 0.5) is 0 Å². The Morgan fingerprint density at radius 3 is 2.22 bits per heavy atom. The van der Waals surface area contributed by atoms with E-state index < -0.39 is 0 Å². The minimum atomic E-state index is -0.172. The Labute approximate surface area is 110 Å². The van der Waals surface area contributed by atoms with Crippen LogP contribution >= 0.6 is 0 Å². The molecule has 0 spiro atoms. The molecule has 2 heterocycles. The Morgan fingerprint density at radius 1 is 1.11 bits per heavy atom. The van der Waals surface area contributed by atoms with Gasteiger partial charge in [0.15, 0.2) is 0 Å². The first-order valence-corrected chi connectivity index (χ1v) is 6.82. The van der Waals surface area contributed by atoms with Crippen molar-refractivity contribution in [2.75, 3.05) is 13.3 Å². The van der Waals surface area contributed by atoms with Crippen molar-refractivity contribution in [2.24, 2.45) is 0 Å². The predicted octanol–water partition coefficient (Wildman–Crippen LogP) is 1.84. The van der Waals surface area contributed by atoms with E-state index in [1.807, 2.05) is 4.90 Å². The van der Waals surface area contributed by atoms with Gasteiger partial charge in [0.1, 0.15) is 12.8 Å². The standard InChI is InChI=1S/C14H26N2O2/c1-13(2,3)15-8-7-10-11(15)12(17)16(9-18-10)14(4,5)6/h10-11H,7-9H2,1-6H3. The summed E-state index contributed by atoms with van der Waals surface area (Å²) in [5.41, 5.74) is -0.159. The molecule has 0 aromatic carbocycles. The highest BCUT2D eigenvalue weighted by Gasteiger charge is 2.50. The number of nitrogens with zero attached hydrogens (tertiary/aromatic N) is 2. The first-order valence-electron chi connectivity index (χ1n) is 6.82. The van der Waals surface area contributed by atoms with Crippen LogP contribution in [0.3, 0.4) is 0 Å². The van der Waals surface area contributed by atoms with E-state index in [4.69, 9.17) is 4.74 Å². The Balaban J connectivity index is 2.24. The Hall–Kier alpha value is -0.610. The molecule has 104 valence electrons.